The van der Waals surface area contributed by atoms with Crippen LogP contribution in [0.15, 0.2) is 0 Å². The molecule has 3 nitrogen and oxygen atoms in total. The Morgan fingerprint density at radius 1 is 1.25 bits per heavy atom. The number of nitrogens with one attached hydrogen (secondary N) is 1. The molecule has 1 saturated heterocycles. The lowest BCUT2D eigenvalue weighted by Gasteiger charge is -2.34. The van der Waals surface area contributed by atoms with Crippen LogP contribution >= 0.6 is 0 Å². The fourth-order valence-corrected chi connectivity index (χ4v) is 2.62. The minimum atomic E-state index is -0.0325. The van der Waals surface area contributed by atoms with Crippen molar-refractivity contribution in [3.05, 3.63) is 0 Å². The third kappa shape index (κ3) is 2.97. The van der Waals surface area contributed by atoms with Crippen LogP contribution in [0.5, 0.6) is 0 Å². The van der Waals surface area contributed by atoms with Crippen molar-refractivity contribution in [1.29, 1.82) is 0 Å². The SMILES string of the molecule is CC1(C)CCC(OC(=O)[C@H]2CCCN2)CC1. The lowest BCUT2D eigenvalue weighted by molar-refractivity contribution is -0.153. The van der Waals surface area contributed by atoms with Crippen molar-refractivity contribution < 1.29 is 9.53 Å². The maximum absolute atomic E-state index is 11.8. The van der Waals surface area contributed by atoms with E-state index in [1.807, 2.05) is 0 Å². The van der Waals surface area contributed by atoms with Crippen LogP contribution in [0.25, 0.3) is 0 Å². The average molecular weight is 225 g/mol. The predicted molar refractivity (Wildman–Crippen MR) is 63.2 cm³/mol. The molecule has 1 N–H and O–H groups in total. The molecule has 0 unspecified atom stereocenters. The van der Waals surface area contributed by atoms with Crippen LogP contribution in [0.1, 0.15) is 52.4 Å². The first kappa shape index (κ1) is 11.9. The van der Waals surface area contributed by atoms with Crippen LogP contribution in [0.2, 0.25) is 0 Å². The Labute approximate surface area is 97.9 Å². The largest absolute Gasteiger partial charge is 0.461 e. The van der Waals surface area contributed by atoms with Crippen LogP contribution < -0.4 is 5.32 Å². The molecule has 0 radical (unpaired) electrons. The van der Waals surface area contributed by atoms with Gasteiger partial charge in [0.05, 0.1) is 0 Å². The van der Waals surface area contributed by atoms with Gasteiger partial charge in [0.1, 0.15) is 12.1 Å². The summed E-state index contributed by atoms with van der Waals surface area (Å²) in [7, 11) is 0. The van der Waals surface area contributed by atoms with Crippen molar-refractivity contribution in [3.63, 3.8) is 0 Å². The van der Waals surface area contributed by atoms with Gasteiger partial charge in [0, 0.05) is 0 Å². The molecule has 1 aliphatic carbocycles. The highest BCUT2D eigenvalue weighted by atomic mass is 16.5. The van der Waals surface area contributed by atoms with E-state index < -0.39 is 0 Å². The van der Waals surface area contributed by atoms with Crippen molar-refractivity contribution in [3.8, 4) is 0 Å². The third-order valence-corrected chi connectivity index (χ3v) is 3.91. The van der Waals surface area contributed by atoms with Gasteiger partial charge in [-0.3, -0.25) is 4.79 Å². The molecule has 1 heterocycles. The quantitative estimate of drug-likeness (QED) is 0.733. The summed E-state index contributed by atoms with van der Waals surface area (Å²) >= 11 is 0. The summed E-state index contributed by atoms with van der Waals surface area (Å²) in [4.78, 5) is 11.8. The lowest BCUT2D eigenvalue weighted by atomic mass is 9.76. The summed E-state index contributed by atoms with van der Waals surface area (Å²) in [5, 5.41) is 3.19. The van der Waals surface area contributed by atoms with Crippen LogP contribution in [0, 0.1) is 5.41 Å². The predicted octanol–water partition coefficient (Wildman–Crippen LogP) is 2.25. The summed E-state index contributed by atoms with van der Waals surface area (Å²) < 4.78 is 5.57. The van der Waals surface area contributed by atoms with E-state index in [0.29, 0.717) is 5.41 Å². The Morgan fingerprint density at radius 3 is 2.50 bits per heavy atom. The molecule has 1 saturated carbocycles. The highest BCUT2D eigenvalue weighted by molar-refractivity contribution is 5.76. The van der Waals surface area contributed by atoms with E-state index in [1.54, 1.807) is 0 Å². The molecular weight excluding hydrogens is 202 g/mol. The number of esters is 1. The highest BCUT2D eigenvalue weighted by Crippen LogP contribution is 2.36. The van der Waals surface area contributed by atoms with E-state index in [-0.39, 0.29) is 18.1 Å². The number of hydrogen-bond acceptors (Lipinski definition) is 3. The normalized spacial score (nSPS) is 30.2. The zero-order valence-corrected chi connectivity index (χ0v) is 10.4. The molecule has 0 bridgehead atoms. The number of rotatable bonds is 2. The molecule has 0 aromatic rings. The number of ether oxygens (including phenoxy) is 1. The molecule has 0 spiro atoms. The van der Waals surface area contributed by atoms with Crippen LogP contribution in [0.4, 0.5) is 0 Å². The van der Waals surface area contributed by atoms with Gasteiger partial charge >= 0.3 is 5.97 Å². The molecular formula is C13H23NO2. The molecule has 3 heteroatoms. The molecule has 92 valence electrons. The van der Waals surface area contributed by atoms with Crippen molar-refractivity contribution in [2.75, 3.05) is 6.54 Å². The van der Waals surface area contributed by atoms with Gasteiger partial charge in [0.25, 0.3) is 0 Å². The van der Waals surface area contributed by atoms with Crippen molar-refractivity contribution >= 4 is 5.97 Å². The summed E-state index contributed by atoms with van der Waals surface area (Å²) in [5.74, 6) is -0.0257. The lowest BCUT2D eigenvalue weighted by Crippen LogP contribution is -2.36. The number of carbonyl (C=O) groups excluding carboxylic acids is 1. The highest BCUT2D eigenvalue weighted by Gasteiger charge is 2.31. The Bertz CT molecular complexity index is 247. The average Bonchev–Trinajstić information content (AvgIpc) is 2.74. The molecule has 0 aromatic heterocycles. The summed E-state index contributed by atoms with van der Waals surface area (Å²) in [6, 6.07) is -0.0325. The topological polar surface area (TPSA) is 38.3 Å². The van der Waals surface area contributed by atoms with E-state index in [9.17, 15) is 4.79 Å². The van der Waals surface area contributed by atoms with Gasteiger partial charge in [0.2, 0.25) is 0 Å². The summed E-state index contributed by atoms with van der Waals surface area (Å²) in [6.45, 7) is 5.55. The van der Waals surface area contributed by atoms with Gasteiger partial charge in [-0.15, -0.1) is 0 Å². The first-order chi connectivity index (χ1) is 7.57. The van der Waals surface area contributed by atoms with Gasteiger partial charge < -0.3 is 10.1 Å². The van der Waals surface area contributed by atoms with E-state index in [0.717, 1.165) is 32.2 Å². The molecule has 1 aliphatic heterocycles. The van der Waals surface area contributed by atoms with Gasteiger partial charge in [-0.1, -0.05) is 13.8 Å². The standard InChI is InChI=1S/C13H23NO2/c1-13(2)7-5-10(6-8-13)16-12(15)11-4-3-9-14-11/h10-11,14H,3-9H2,1-2H3/t11-/m1/s1. The number of hydrogen-bond donors (Lipinski definition) is 1. The van der Waals surface area contributed by atoms with Crippen molar-refractivity contribution in [2.24, 2.45) is 5.41 Å². The third-order valence-electron chi connectivity index (χ3n) is 3.91. The Kier molecular flexibility index (Phi) is 3.53. The van der Waals surface area contributed by atoms with E-state index in [2.05, 4.69) is 19.2 Å². The van der Waals surface area contributed by atoms with Crippen LogP contribution in [-0.2, 0) is 9.53 Å². The first-order valence-electron chi connectivity index (χ1n) is 6.51. The minimum absolute atomic E-state index is 0.0257. The monoisotopic (exact) mass is 225 g/mol. The Hall–Kier alpha value is -0.570. The van der Waals surface area contributed by atoms with Gasteiger partial charge in [-0.2, -0.15) is 0 Å². The van der Waals surface area contributed by atoms with Crippen LogP contribution in [-0.4, -0.2) is 24.7 Å². The zero-order valence-electron chi connectivity index (χ0n) is 10.4. The minimum Gasteiger partial charge on any atom is -0.461 e. The molecule has 2 rings (SSSR count). The maximum atomic E-state index is 11.8. The van der Waals surface area contributed by atoms with Gasteiger partial charge in [0.15, 0.2) is 0 Å². The Morgan fingerprint density at radius 2 is 1.94 bits per heavy atom. The molecule has 0 amide bonds. The fourth-order valence-electron chi connectivity index (χ4n) is 2.62. The second kappa shape index (κ2) is 4.74. The number of carbonyl (C=O) groups is 1. The van der Waals surface area contributed by atoms with E-state index in [1.165, 1.54) is 12.8 Å². The van der Waals surface area contributed by atoms with E-state index in [4.69, 9.17) is 4.74 Å². The van der Waals surface area contributed by atoms with Gasteiger partial charge in [-0.25, -0.2) is 0 Å². The Balaban J connectivity index is 1.76. The maximum Gasteiger partial charge on any atom is 0.323 e. The van der Waals surface area contributed by atoms with Gasteiger partial charge in [-0.05, 0) is 50.5 Å². The first-order valence-corrected chi connectivity index (χ1v) is 6.51. The van der Waals surface area contributed by atoms with Crippen molar-refractivity contribution in [1.82, 2.24) is 5.32 Å². The zero-order chi connectivity index (χ0) is 11.6. The summed E-state index contributed by atoms with van der Waals surface area (Å²) in [5.41, 5.74) is 0.439. The van der Waals surface area contributed by atoms with Crippen molar-refractivity contribution in [2.45, 2.75) is 64.5 Å². The molecule has 0 aromatic carbocycles. The molecule has 2 aliphatic rings. The molecule has 1 atom stereocenters. The molecule has 2 fully saturated rings. The second-order valence-electron chi connectivity index (χ2n) is 5.95. The smallest absolute Gasteiger partial charge is 0.323 e. The van der Waals surface area contributed by atoms with Crippen LogP contribution in [0.3, 0.4) is 0 Å². The fraction of sp³-hybridized carbons (Fsp3) is 0.923. The molecule has 16 heavy (non-hydrogen) atoms. The van der Waals surface area contributed by atoms with E-state index >= 15 is 0 Å². The second-order valence-corrected chi connectivity index (χ2v) is 5.95. The summed E-state index contributed by atoms with van der Waals surface area (Å²) in [6.07, 6.45) is 6.61.